The Morgan fingerprint density at radius 1 is 1.16 bits per heavy atom. The molecule has 0 aliphatic heterocycles. The second-order valence-electron chi connectivity index (χ2n) is 7.92. The Labute approximate surface area is 178 Å². The molecule has 168 valence electrons. The van der Waals surface area contributed by atoms with E-state index in [1.807, 2.05) is 0 Å². The fraction of sp³-hybridized carbons (Fsp3) is 0.500. The minimum atomic E-state index is -4.78. The molecule has 9 heteroatoms. The first-order valence-electron chi connectivity index (χ1n) is 10.2. The van der Waals surface area contributed by atoms with E-state index in [1.165, 1.54) is 0 Å². The Morgan fingerprint density at radius 3 is 2.39 bits per heavy atom. The Balaban J connectivity index is 1.77. The topological polar surface area (TPSA) is 70.4 Å². The molecule has 3 rings (SSSR count). The quantitative estimate of drug-likeness (QED) is 0.598. The van der Waals surface area contributed by atoms with Crippen LogP contribution in [0.1, 0.15) is 67.2 Å². The molecule has 1 aliphatic rings. The van der Waals surface area contributed by atoms with Gasteiger partial charge in [0.2, 0.25) is 0 Å². The summed E-state index contributed by atoms with van der Waals surface area (Å²) in [4.78, 5) is 24.6. The van der Waals surface area contributed by atoms with Gasteiger partial charge in [-0.2, -0.15) is 18.3 Å². The molecular formula is C22H25F3N2O4. The van der Waals surface area contributed by atoms with E-state index >= 15 is 0 Å². The number of hydrogen-bond donors (Lipinski definition) is 0. The van der Waals surface area contributed by atoms with Crippen LogP contribution in [0.5, 0.6) is 0 Å². The van der Waals surface area contributed by atoms with Gasteiger partial charge in [0.15, 0.2) is 5.69 Å². The van der Waals surface area contributed by atoms with E-state index in [0.29, 0.717) is 31.2 Å². The molecule has 1 saturated carbocycles. The number of halogens is 3. The molecule has 6 nitrogen and oxygen atoms in total. The van der Waals surface area contributed by atoms with Gasteiger partial charge in [0.05, 0.1) is 24.3 Å². The lowest BCUT2D eigenvalue weighted by molar-refractivity contribution is -0.157. The van der Waals surface area contributed by atoms with Crippen LogP contribution >= 0.6 is 0 Å². The third-order valence-electron chi connectivity index (χ3n) is 5.67. The van der Waals surface area contributed by atoms with E-state index in [9.17, 15) is 22.8 Å². The standard InChI is InChI=1S/C22H25F3N2O4/c1-3-30-20(29)21(2)11-9-16(10-12-21)27-18(22(23,24)25)17(13-26-27)19(28)31-14-15-7-5-4-6-8-15/h4-8,13,16H,3,9-12,14H2,1-2H3/t16-,21-. The molecule has 1 aromatic carbocycles. The summed E-state index contributed by atoms with van der Waals surface area (Å²) in [6.45, 7) is 3.60. The van der Waals surface area contributed by atoms with E-state index in [0.717, 1.165) is 10.9 Å². The summed E-state index contributed by atoms with van der Waals surface area (Å²) in [5.41, 5.74) is -1.78. The van der Waals surface area contributed by atoms with Crippen molar-refractivity contribution in [1.29, 1.82) is 0 Å². The van der Waals surface area contributed by atoms with Crippen LogP contribution in [0.15, 0.2) is 36.5 Å². The highest BCUT2D eigenvalue weighted by atomic mass is 19.4. The van der Waals surface area contributed by atoms with Crippen molar-refractivity contribution in [1.82, 2.24) is 9.78 Å². The molecule has 0 unspecified atom stereocenters. The van der Waals surface area contributed by atoms with Gasteiger partial charge in [-0.1, -0.05) is 30.3 Å². The van der Waals surface area contributed by atoms with Gasteiger partial charge in [0.1, 0.15) is 12.2 Å². The molecule has 1 heterocycles. The molecule has 1 fully saturated rings. The predicted molar refractivity (Wildman–Crippen MR) is 105 cm³/mol. The van der Waals surface area contributed by atoms with E-state index < -0.39 is 34.9 Å². The number of nitrogens with zero attached hydrogens (tertiary/aromatic N) is 2. The van der Waals surface area contributed by atoms with Crippen molar-refractivity contribution < 1.29 is 32.2 Å². The number of rotatable bonds is 6. The average molecular weight is 438 g/mol. The van der Waals surface area contributed by atoms with Gasteiger partial charge >= 0.3 is 18.1 Å². The molecule has 0 saturated heterocycles. The van der Waals surface area contributed by atoms with Crippen molar-refractivity contribution in [2.45, 2.75) is 58.4 Å². The number of esters is 2. The van der Waals surface area contributed by atoms with Crippen molar-refractivity contribution in [2.75, 3.05) is 6.61 Å². The lowest BCUT2D eigenvalue weighted by atomic mass is 9.74. The van der Waals surface area contributed by atoms with Gasteiger partial charge in [-0.15, -0.1) is 0 Å². The Bertz CT molecular complexity index is 917. The molecule has 0 N–H and O–H groups in total. The minimum absolute atomic E-state index is 0.135. The second kappa shape index (κ2) is 9.11. The summed E-state index contributed by atoms with van der Waals surface area (Å²) in [6.07, 6.45) is -2.48. The highest BCUT2D eigenvalue weighted by molar-refractivity contribution is 5.90. The summed E-state index contributed by atoms with van der Waals surface area (Å²) in [6, 6.07) is 8.13. The Morgan fingerprint density at radius 2 is 1.81 bits per heavy atom. The molecule has 1 aliphatic carbocycles. The minimum Gasteiger partial charge on any atom is -0.466 e. The maximum absolute atomic E-state index is 13.9. The van der Waals surface area contributed by atoms with Crippen LogP contribution in [-0.2, 0) is 27.1 Å². The van der Waals surface area contributed by atoms with Crippen molar-refractivity contribution in [3.05, 3.63) is 53.3 Å². The first-order chi connectivity index (χ1) is 14.7. The fourth-order valence-corrected chi connectivity index (χ4v) is 3.87. The fourth-order valence-electron chi connectivity index (χ4n) is 3.87. The monoisotopic (exact) mass is 438 g/mol. The number of hydrogen-bond acceptors (Lipinski definition) is 5. The highest BCUT2D eigenvalue weighted by Crippen LogP contribution is 2.44. The molecule has 0 radical (unpaired) electrons. The van der Waals surface area contributed by atoms with Gasteiger partial charge < -0.3 is 9.47 Å². The van der Waals surface area contributed by atoms with Crippen LogP contribution in [0.25, 0.3) is 0 Å². The molecule has 0 amide bonds. The molecule has 0 atom stereocenters. The van der Waals surface area contributed by atoms with Crippen molar-refractivity contribution in [2.24, 2.45) is 5.41 Å². The van der Waals surface area contributed by atoms with Crippen LogP contribution in [-0.4, -0.2) is 28.3 Å². The summed E-state index contributed by atoms with van der Waals surface area (Å²) < 4.78 is 52.6. The van der Waals surface area contributed by atoms with E-state index in [-0.39, 0.29) is 19.2 Å². The zero-order chi connectivity index (χ0) is 22.6. The number of alkyl halides is 3. The lowest BCUT2D eigenvalue weighted by Crippen LogP contribution is -2.36. The van der Waals surface area contributed by atoms with Crippen molar-refractivity contribution in [3.8, 4) is 0 Å². The van der Waals surface area contributed by atoms with E-state index in [4.69, 9.17) is 9.47 Å². The van der Waals surface area contributed by atoms with E-state index in [2.05, 4.69) is 5.10 Å². The molecule has 0 spiro atoms. The van der Waals surface area contributed by atoms with Crippen LogP contribution in [0.2, 0.25) is 0 Å². The number of aromatic nitrogens is 2. The summed E-state index contributed by atoms with van der Waals surface area (Å²) in [5, 5.41) is 3.89. The third kappa shape index (κ3) is 5.08. The number of carbonyl (C=O) groups excluding carboxylic acids is 2. The van der Waals surface area contributed by atoms with Gasteiger partial charge in [0, 0.05) is 0 Å². The van der Waals surface area contributed by atoms with Crippen LogP contribution in [0, 0.1) is 5.41 Å². The van der Waals surface area contributed by atoms with Gasteiger partial charge in [0.25, 0.3) is 0 Å². The first-order valence-corrected chi connectivity index (χ1v) is 10.2. The van der Waals surface area contributed by atoms with Crippen LogP contribution in [0.3, 0.4) is 0 Å². The molecular weight excluding hydrogens is 413 g/mol. The lowest BCUT2D eigenvalue weighted by Gasteiger charge is -2.35. The Kier molecular flexibility index (Phi) is 6.71. The number of ether oxygens (including phenoxy) is 2. The first kappa shape index (κ1) is 22.8. The average Bonchev–Trinajstić information content (AvgIpc) is 3.19. The Hall–Kier alpha value is -2.84. The zero-order valence-electron chi connectivity index (χ0n) is 17.4. The van der Waals surface area contributed by atoms with E-state index in [1.54, 1.807) is 44.2 Å². The molecule has 0 bridgehead atoms. The summed E-state index contributed by atoms with van der Waals surface area (Å²) in [5.74, 6) is -1.41. The van der Waals surface area contributed by atoms with Gasteiger partial charge in [-0.25, -0.2) is 4.79 Å². The molecule has 31 heavy (non-hydrogen) atoms. The van der Waals surface area contributed by atoms with Gasteiger partial charge in [-0.05, 0) is 45.1 Å². The highest BCUT2D eigenvalue weighted by Gasteiger charge is 2.45. The molecule has 1 aromatic heterocycles. The summed E-state index contributed by atoms with van der Waals surface area (Å²) >= 11 is 0. The van der Waals surface area contributed by atoms with Gasteiger partial charge in [-0.3, -0.25) is 9.48 Å². The van der Waals surface area contributed by atoms with Crippen LogP contribution in [0.4, 0.5) is 13.2 Å². The normalized spacial score (nSPS) is 21.5. The maximum atomic E-state index is 13.9. The second-order valence-corrected chi connectivity index (χ2v) is 7.92. The number of carbonyl (C=O) groups is 2. The maximum Gasteiger partial charge on any atom is 0.433 e. The molecule has 2 aromatic rings. The van der Waals surface area contributed by atoms with Crippen molar-refractivity contribution >= 4 is 11.9 Å². The van der Waals surface area contributed by atoms with Crippen LogP contribution < -0.4 is 0 Å². The third-order valence-corrected chi connectivity index (χ3v) is 5.67. The summed E-state index contributed by atoms with van der Waals surface area (Å²) in [7, 11) is 0. The zero-order valence-corrected chi connectivity index (χ0v) is 17.4. The largest absolute Gasteiger partial charge is 0.466 e. The number of benzene rings is 1. The predicted octanol–water partition coefficient (Wildman–Crippen LogP) is 4.94. The van der Waals surface area contributed by atoms with Crippen molar-refractivity contribution in [3.63, 3.8) is 0 Å². The SMILES string of the molecule is CCOC(=O)[C@]1(C)CC[C@@H](n2ncc(C(=O)OCc3ccccc3)c2C(F)(F)F)CC1. The smallest absolute Gasteiger partial charge is 0.433 e.